The summed E-state index contributed by atoms with van der Waals surface area (Å²) < 4.78 is 13.0. The number of hydrogen-bond acceptors (Lipinski definition) is 4. The van der Waals surface area contributed by atoms with Gasteiger partial charge in [-0.15, -0.1) is 0 Å². The second kappa shape index (κ2) is 7.69. The number of anilines is 1. The summed E-state index contributed by atoms with van der Waals surface area (Å²) in [5.41, 5.74) is 7.69. The summed E-state index contributed by atoms with van der Waals surface area (Å²) >= 11 is 0. The normalized spacial score (nSPS) is 10.6. The van der Waals surface area contributed by atoms with Crippen molar-refractivity contribution in [2.24, 2.45) is 5.73 Å². The number of primary amides is 1. The zero-order valence-electron chi connectivity index (χ0n) is 14.2. The Hall–Kier alpha value is -3.68. The molecule has 0 aliphatic heterocycles. The molecule has 3 aromatic rings. The number of aromatic nitrogens is 2. The fourth-order valence-corrected chi connectivity index (χ4v) is 2.56. The average molecular weight is 368 g/mol. The van der Waals surface area contributed by atoms with Crippen molar-refractivity contribution in [2.45, 2.75) is 13.0 Å². The molecule has 1 heterocycles. The van der Waals surface area contributed by atoms with Gasteiger partial charge in [-0.3, -0.25) is 9.59 Å². The summed E-state index contributed by atoms with van der Waals surface area (Å²) in [7, 11) is 0. The molecule has 0 spiro atoms. The Balaban J connectivity index is 1.81. The van der Waals surface area contributed by atoms with Gasteiger partial charge in [0.25, 0.3) is 5.91 Å². The first-order valence-corrected chi connectivity index (χ1v) is 8.11. The molecule has 1 amide bonds. The number of H-pyrrole nitrogens is 1. The minimum Gasteiger partial charge on any atom is -0.481 e. The van der Waals surface area contributed by atoms with E-state index in [4.69, 9.17) is 10.8 Å². The Labute approximate surface area is 154 Å². The van der Waals surface area contributed by atoms with Gasteiger partial charge in [0.1, 0.15) is 17.3 Å². The molecule has 0 bridgehead atoms. The molecule has 7 nitrogen and oxygen atoms in total. The molecule has 0 radical (unpaired) electrons. The number of nitrogens with one attached hydrogen (secondary N) is 2. The van der Waals surface area contributed by atoms with Crippen LogP contribution in [0.5, 0.6) is 0 Å². The van der Waals surface area contributed by atoms with E-state index in [1.54, 1.807) is 36.4 Å². The number of carbonyl (C=O) groups excluding carboxylic acids is 1. The number of carboxylic acids is 1. The van der Waals surface area contributed by atoms with E-state index in [-0.39, 0.29) is 23.7 Å². The molecule has 0 atom stereocenters. The molecular formula is C19H17FN4O3. The van der Waals surface area contributed by atoms with Crippen LogP contribution in [0.15, 0.2) is 48.5 Å². The molecule has 0 saturated heterocycles. The van der Waals surface area contributed by atoms with Gasteiger partial charge in [0.05, 0.1) is 6.42 Å². The Morgan fingerprint density at radius 2 is 1.70 bits per heavy atom. The highest BCUT2D eigenvalue weighted by molar-refractivity contribution is 5.96. The van der Waals surface area contributed by atoms with Crippen LogP contribution in [-0.4, -0.2) is 27.0 Å². The average Bonchev–Trinajstić information content (AvgIpc) is 3.06. The maximum Gasteiger partial charge on any atom is 0.307 e. The molecule has 27 heavy (non-hydrogen) atoms. The maximum atomic E-state index is 13.0. The number of halogens is 1. The molecule has 1 aromatic heterocycles. The lowest BCUT2D eigenvalue weighted by Gasteiger charge is -2.04. The summed E-state index contributed by atoms with van der Waals surface area (Å²) in [6, 6.07) is 12.7. The fraction of sp³-hybridized carbons (Fsp3) is 0.105. The van der Waals surface area contributed by atoms with Crippen LogP contribution >= 0.6 is 0 Å². The van der Waals surface area contributed by atoms with Crippen LogP contribution in [0, 0.1) is 5.82 Å². The second-order valence-electron chi connectivity index (χ2n) is 5.92. The number of amides is 1. The van der Waals surface area contributed by atoms with Crippen LogP contribution < -0.4 is 11.1 Å². The number of hydrogen-bond donors (Lipinski definition) is 4. The van der Waals surface area contributed by atoms with Crippen LogP contribution in [0.1, 0.15) is 21.6 Å². The van der Waals surface area contributed by atoms with Crippen molar-refractivity contribution in [1.82, 2.24) is 9.97 Å². The van der Waals surface area contributed by atoms with Crippen molar-refractivity contribution in [2.75, 3.05) is 5.32 Å². The molecule has 3 rings (SSSR count). The third kappa shape index (κ3) is 4.49. The Bertz CT molecular complexity index is 966. The molecule has 8 heteroatoms. The van der Waals surface area contributed by atoms with Gasteiger partial charge in [0.15, 0.2) is 5.82 Å². The largest absolute Gasteiger partial charge is 0.481 e. The standard InChI is InChI=1S/C19H17FN4O3/c20-14-7-3-12(4-8-14)10-22-19-16(17(21)27)23-18(24-19)13-5-1-11(2-6-13)9-15(25)26/h1-8,22H,9-10H2,(H2,21,27)(H,23,24)(H,25,26). The van der Waals surface area contributed by atoms with Crippen LogP contribution in [-0.2, 0) is 17.8 Å². The number of rotatable bonds is 7. The molecule has 0 saturated carbocycles. The second-order valence-corrected chi connectivity index (χ2v) is 5.92. The van der Waals surface area contributed by atoms with Crippen molar-refractivity contribution in [3.05, 3.63) is 71.2 Å². The maximum absolute atomic E-state index is 13.0. The minimum absolute atomic E-state index is 0.0740. The van der Waals surface area contributed by atoms with Gasteiger partial charge in [-0.25, -0.2) is 9.37 Å². The monoisotopic (exact) mass is 368 g/mol. The Morgan fingerprint density at radius 3 is 2.30 bits per heavy atom. The summed E-state index contributed by atoms with van der Waals surface area (Å²) in [6.45, 7) is 0.336. The number of benzene rings is 2. The molecule has 0 aliphatic carbocycles. The molecule has 0 aliphatic rings. The molecule has 0 fully saturated rings. The van der Waals surface area contributed by atoms with Gasteiger partial charge in [-0.1, -0.05) is 36.4 Å². The molecule has 0 unspecified atom stereocenters. The highest BCUT2D eigenvalue weighted by Crippen LogP contribution is 2.22. The van der Waals surface area contributed by atoms with Gasteiger partial charge in [0, 0.05) is 12.1 Å². The van der Waals surface area contributed by atoms with Crippen LogP contribution in [0.4, 0.5) is 10.2 Å². The molecular weight excluding hydrogens is 351 g/mol. The zero-order valence-corrected chi connectivity index (χ0v) is 14.2. The van der Waals surface area contributed by atoms with E-state index in [9.17, 15) is 14.0 Å². The number of nitrogens with zero attached hydrogens (tertiary/aromatic N) is 1. The van der Waals surface area contributed by atoms with E-state index < -0.39 is 11.9 Å². The lowest BCUT2D eigenvalue weighted by atomic mass is 10.1. The number of imidazole rings is 1. The smallest absolute Gasteiger partial charge is 0.307 e. The first-order chi connectivity index (χ1) is 12.9. The summed E-state index contributed by atoms with van der Waals surface area (Å²) in [4.78, 5) is 29.7. The molecule has 2 aromatic carbocycles. The molecule has 5 N–H and O–H groups in total. The van der Waals surface area contributed by atoms with Crippen molar-refractivity contribution in [3.8, 4) is 11.4 Å². The lowest BCUT2D eigenvalue weighted by Crippen LogP contribution is -2.14. The van der Waals surface area contributed by atoms with E-state index >= 15 is 0 Å². The Morgan fingerprint density at radius 1 is 1.07 bits per heavy atom. The van der Waals surface area contributed by atoms with Crippen molar-refractivity contribution in [1.29, 1.82) is 0 Å². The topological polar surface area (TPSA) is 121 Å². The van der Waals surface area contributed by atoms with Crippen LogP contribution in [0.25, 0.3) is 11.4 Å². The van der Waals surface area contributed by atoms with Gasteiger partial charge >= 0.3 is 5.97 Å². The van der Waals surface area contributed by atoms with Crippen molar-refractivity contribution in [3.63, 3.8) is 0 Å². The third-order valence-corrected chi connectivity index (χ3v) is 3.91. The number of carboxylic acid groups (broad SMARTS) is 1. The minimum atomic E-state index is -0.913. The van der Waals surface area contributed by atoms with Crippen LogP contribution in [0.3, 0.4) is 0 Å². The van der Waals surface area contributed by atoms with Gasteiger partial charge < -0.3 is 21.1 Å². The summed E-state index contributed by atoms with van der Waals surface area (Å²) in [5, 5.41) is 11.8. The van der Waals surface area contributed by atoms with E-state index in [2.05, 4.69) is 15.3 Å². The fourth-order valence-electron chi connectivity index (χ4n) is 2.56. The third-order valence-electron chi connectivity index (χ3n) is 3.91. The summed E-state index contributed by atoms with van der Waals surface area (Å²) in [5.74, 6) is -1.20. The summed E-state index contributed by atoms with van der Waals surface area (Å²) in [6.07, 6.45) is -0.0740. The highest BCUT2D eigenvalue weighted by Gasteiger charge is 2.16. The van der Waals surface area contributed by atoms with Gasteiger partial charge in [-0.05, 0) is 23.3 Å². The SMILES string of the molecule is NC(=O)c1[nH]c(-c2ccc(CC(=O)O)cc2)nc1NCc1ccc(F)cc1. The first kappa shape index (κ1) is 18.1. The predicted octanol–water partition coefficient (Wildman–Crippen LogP) is 2.55. The van der Waals surface area contributed by atoms with E-state index in [1.807, 2.05) is 0 Å². The number of nitrogens with two attached hydrogens (primary N) is 1. The lowest BCUT2D eigenvalue weighted by molar-refractivity contribution is -0.136. The molecule has 138 valence electrons. The van der Waals surface area contributed by atoms with Crippen molar-refractivity contribution >= 4 is 17.7 Å². The van der Waals surface area contributed by atoms with E-state index in [1.165, 1.54) is 12.1 Å². The van der Waals surface area contributed by atoms with Gasteiger partial charge in [0.2, 0.25) is 0 Å². The van der Waals surface area contributed by atoms with E-state index in [0.717, 1.165) is 5.56 Å². The van der Waals surface area contributed by atoms with Crippen LogP contribution in [0.2, 0.25) is 0 Å². The first-order valence-electron chi connectivity index (χ1n) is 8.11. The zero-order chi connectivity index (χ0) is 19.4. The Kier molecular flexibility index (Phi) is 5.16. The predicted molar refractivity (Wildman–Crippen MR) is 97.6 cm³/mol. The number of aliphatic carboxylic acids is 1. The quantitative estimate of drug-likeness (QED) is 0.511. The highest BCUT2D eigenvalue weighted by atomic mass is 19.1. The number of aromatic amines is 1. The van der Waals surface area contributed by atoms with E-state index in [0.29, 0.717) is 23.5 Å². The number of carbonyl (C=O) groups is 2. The van der Waals surface area contributed by atoms with Crippen molar-refractivity contribution < 1.29 is 19.1 Å². The van der Waals surface area contributed by atoms with Gasteiger partial charge in [-0.2, -0.15) is 0 Å².